The monoisotopic (exact) mass is 281 g/mol. The minimum absolute atomic E-state index is 0.201. The smallest absolute Gasteiger partial charge is 0.262 e. The molecule has 0 saturated heterocycles. The Morgan fingerprint density at radius 2 is 1.76 bits per heavy atom. The van der Waals surface area contributed by atoms with E-state index in [-0.39, 0.29) is 17.1 Å². The van der Waals surface area contributed by atoms with Crippen LogP contribution < -0.4 is 5.56 Å². The van der Waals surface area contributed by atoms with Gasteiger partial charge in [0.25, 0.3) is 5.56 Å². The van der Waals surface area contributed by atoms with Gasteiger partial charge in [-0.25, -0.2) is 0 Å². The normalized spacial score (nSPS) is 11.7. The Labute approximate surface area is 118 Å². The number of benzene rings is 2. The molecule has 2 heterocycles. The highest BCUT2D eigenvalue weighted by Gasteiger charge is 2.17. The minimum atomic E-state index is -0.277. The second-order valence-corrected chi connectivity index (χ2v) is 5.02. The summed E-state index contributed by atoms with van der Waals surface area (Å²) < 4.78 is 7.31. The molecule has 0 aliphatic carbocycles. The van der Waals surface area contributed by atoms with Crippen molar-refractivity contribution in [1.82, 2.24) is 4.57 Å². The third-order valence-corrected chi connectivity index (χ3v) is 3.81. The molecule has 0 aliphatic rings. The van der Waals surface area contributed by atoms with Gasteiger partial charge in [0.1, 0.15) is 11.2 Å². The van der Waals surface area contributed by atoms with Gasteiger partial charge in [-0.3, -0.25) is 4.79 Å². The van der Waals surface area contributed by atoms with Gasteiger partial charge in [-0.05, 0) is 18.2 Å². The molecule has 0 fully saturated rings. The number of aromatic hydroxyl groups is 2. The van der Waals surface area contributed by atoms with E-state index in [2.05, 4.69) is 0 Å². The van der Waals surface area contributed by atoms with Crippen molar-refractivity contribution in [2.24, 2.45) is 7.05 Å². The molecule has 5 nitrogen and oxygen atoms in total. The van der Waals surface area contributed by atoms with Gasteiger partial charge in [0.15, 0.2) is 11.5 Å². The molecule has 0 aliphatic heterocycles. The van der Waals surface area contributed by atoms with E-state index in [1.54, 1.807) is 11.6 Å². The first-order valence-electron chi connectivity index (χ1n) is 6.44. The molecule has 2 N–H and O–H groups in total. The van der Waals surface area contributed by atoms with Crippen molar-refractivity contribution in [2.75, 3.05) is 0 Å². The lowest BCUT2D eigenvalue weighted by atomic mass is 10.1. The van der Waals surface area contributed by atoms with Gasteiger partial charge in [-0.1, -0.05) is 12.1 Å². The number of hydrogen-bond acceptors (Lipinski definition) is 4. The van der Waals surface area contributed by atoms with Crippen LogP contribution in [0.15, 0.2) is 45.6 Å². The van der Waals surface area contributed by atoms with Crippen LogP contribution in [0.1, 0.15) is 0 Å². The zero-order valence-corrected chi connectivity index (χ0v) is 11.1. The predicted octanol–water partition coefficient (Wildman–Crippen LogP) is 2.85. The number of phenolic OH excluding ortho intramolecular Hbond substituents is 2. The fourth-order valence-corrected chi connectivity index (χ4v) is 2.76. The summed E-state index contributed by atoms with van der Waals surface area (Å²) in [4.78, 5) is 12.6. The molecule has 4 aromatic rings. The summed E-state index contributed by atoms with van der Waals surface area (Å²) in [5.41, 5.74) is 1.40. The molecule has 104 valence electrons. The van der Waals surface area contributed by atoms with Crippen LogP contribution in [0.4, 0.5) is 0 Å². The van der Waals surface area contributed by atoms with Crippen LogP contribution in [-0.2, 0) is 7.05 Å². The number of nitrogens with zero attached hydrogens (tertiary/aromatic N) is 1. The molecule has 21 heavy (non-hydrogen) atoms. The summed E-state index contributed by atoms with van der Waals surface area (Å²) in [7, 11) is 1.70. The first kappa shape index (κ1) is 11.8. The zero-order chi connectivity index (χ0) is 14.7. The summed E-state index contributed by atoms with van der Waals surface area (Å²) in [5, 5.41) is 21.0. The molecule has 4 rings (SSSR count). The summed E-state index contributed by atoms with van der Waals surface area (Å²) >= 11 is 0. The molecule has 2 aromatic heterocycles. The Bertz CT molecular complexity index is 1090. The molecule has 0 saturated carbocycles. The van der Waals surface area contributed by atoms with E-state index < -0.39 is 0 Å². The molecular formula is C16H11NO4. The van der Waals surface area contributed by atoms with Crippen molar-refractivity contribution in [2.45, 2.75) is 0 Å². The number of fused-ring (bicyclic) bond motifs is 5. The quantitative estimate of drug-likeness (QED) is 0.486. The van der Waals surface area contributed by atoms with Gasteiger partial charge in [-0.15, -0.1) is 0 Å². The molecule has 0 bridgehead atoms. The maximum Gasteiger partial charge on any atom is 0.262 e. The lowest BCUT2D eigenvalue weighted by Gasteiger charge is -2.04. The average Bonchev–Trinajstić information content (AvgIpc) is 2.84. The third kappa shape index (κ3) is 1.43. The number of pyridine rings is 1. The Morgan fingerprint density at radius 1 is 1.05 bits per heavy atom. The lowest BCUT2D eigenvalue weighted by molar-refractivity contribution is 0.404. The fourth-order valence-electron chi connectivity index (χ4n) is 2.76. The second kappa shape index (κ2) is 3.79. The van der Waals surface area contributed by atoms with Crippen molar-refractivity contribution in [1.29, 1.82) is 0 Å². The van der Waals surface area contributed by atoms with Crippen molar-refractivity contribution < 1.29 is 14.6 Å². The van der Waals surface area contributed by atoms with Crippen LogP contribution in [0.3, 0.4) is 0 Å². The minimum Gasteiger partial charge on any atom is -0.504 e. The molecule has 0 atom stereocenters. The standard InChI is InChI=1S/C16H11NO4/c1-17-10-5-3-2-4-8(10)15-14(16(17)20)9-6-11(18)12(19)7-13(9)21-15/h2-7,18-19H,1H3. The van der Waals surface area contributed by atoms with Crippen LogP contribution in [0, 0.1) is 0 Å². The fraction of sp³-hybridized carbons (Fsp3) is 0.0625. The predicted molar refractivity (Wildman–Crippen MR) is 79.8 cm³/mol. The van der Waals surface area contributed by atoms with Crippen LogP contribution in [0.25, 0.3) is 32.8 Å². The number of rotatable bonds is 0. The zero-order valence-electron chi connectivity index (χ0n) is 11.1. The van der Waals surface area contributed by atoms with Gasteiger partial charge in [0.05, 0.1) is 10.9 Å². The molecule has 5 heteroatoms. The molecule has 2 aromatic carbocycles. The molecular weight excluding hydrogens is 270 g/mol. The number of hydrogen-bond donors (Lipinski definition) is 2. The van der Waals surface area contributed by atoms with Crippen LogP contribution in [-0.4, -0.2) is 14.8 Å². The maximum atomic E-state index is 12.6. The second-order valence-electron chi connectivity index (χ2n) is 5.02. The van der Waals surface area contributed by atoms with E-state index in [1.165, 1.54) is 12.1 Å². The number of furan rings is 1. The van der Waals surface area contributed by atoms with E-state index in [0.717, 1.165) is 10.9 Å². The highest BCUT2D eigenvalue weighted by molar-refractivity contribution is 6.14. The number of para-hydroxylation sites is 1. The van der Waals surface area contributed by atoms with Crippen LogP contribution in [0.2, 0.25) is 0 Å². The SMILES string of the molecule is Cn1c(=O)c2c3cc(O)c(O)cc3oc2c2ccccc21. The van der Waals surface area contributed by atoms with Gasteiger partial charge in [0.2, 0.25) is 0 Å². The largest absolute Gasteiger partial charge is 0.504 e. The summed E-state index contributed by atoms with van der Waals surface area (Å²) in [6.07, 6.45) is 0. The Hall–Kier alpha value is -2.95. The van der Waals surface area contributed by atoms with Crippen molar-refractivity contribution in [3.8, 4) is 11.5 Å². The summed E-state index contributed by atoms with van der Waals surface area (Å²) in [6.45, 7) is 0. The van der Waals surface area contributed by atoms with E-state index in [9.17, 15) is 15.0 Å². The maximum absolute atomic E-state index is 12.6. The number of aromatic nitrogens is 1. The lowest BCUT2D eigenvalue weighted by Crippen LogP contribution is -2.16. The van der Waals surface area contributed by atoms with E-state index >= 15 is 0 Å². The van der Waals surface area contributed by atoms with Gasteiger partial charge >= 0.3 is 0 Å². The first-order chi connectivity index (χ1) is 10.1. The van der Waals surface area contributed by atoms with Crippen molar-refractivity contribution in [3.63, 3.8) is 0 Å². The average molecular weight is 281 g/mol. The van der Waals surface area contributed by atoms with Gasteiger partial charge < -0.3 is 19.2 Å². The van der Waals surface area contributed by atoms with E-state index in [1.807, 2.05) is 24.3 Å². The molecule has 0 spiro atoms. The highest BCUT2D eigenvalue weighted by atomic mass is 16.3. The number of phenols is 2. The Balaban J connectivity index is 2.39. The van der Waals surface area contributed by atoms with E-state index in [4.69, 9.17) is 4.42 Å². The molecule has 0 amide bonds. The molecule has 0 radical (unpaired) electrons. The van der Waals surface area contributed by atoms with Gasteiger partial charge in [0, 0.05) is 23.9 Å². The van der Waals surface area contributed by atoms with Crippen LogP contribution in [0.5, 0.6) is 11.5 Å². The third-order valence-electron chi connectivity index (χ3n) is 3.81. The first-order valence-corrected chi connectivity index (χ1v) is 6.44. The molecule has 0 unspecified atom stereocenters. The Kier molecular flexibility index (Phi) is 2.14. The Morgan fingerprint density at radius 3 is 2.57 bits per heavy atom. The highest BCUT2D eigenvalue weighted by Crippen LogP contribution is 2.37. The topological polar surface area (TPSA) is 75.6 Å². The van der Waals surface area contributed by atoms with Gasteiger partial charge in [-0.2, -0.15) is 0 Å². The number of aryl methyl sites for hydroxylation is 1. The van der Waals surface area contributed by atoms with Crippen LogP contribution >= 0.6 is 0 Å². The summed E-state index contributed by atoms with van der Waals surface area (Å²) in [6, 6.07) is 10.1. The van der Waals surface area contributed by atoms with E-state index in [0.29, 0.717) is 21.9 Å². The van der Waals surface area contributed by atoms with Crippen molar-refractivity contribution in [3.05, 3.63) is 46.8 Å². The summed E-state index contributed by atoms with van der Waals surface area (Å²) in [5.74, 6) is -0.553. The van der Waals surface area contributed by atoms with Crippen molar-refractivity contribution >= 4 is 32.8 Å².